The highest BCUT2D eigenvalue weighted by Gasteiger charge is 2.37. The van der Waals surface area contributed by atoms with Crippen molar-refractivity contribution in [1.82, 2.24) is 4.90 Å². The standard InChI is InChI=1S/C22H18N2OS2/c1-16(17-9-4-2-5-10-17)24-21(25)20(15-19-13-8-14-26-19)27-22(24)23-18-11-6-3-7-12-18/h2-16H,1H3/b20-15+,23-22?/t16-/m1/s1. The van der Waals surface area contributed by atoms with Crippen molar-refractivity contribution in [1.29, 1.82) is 0 Å². The maximum atomic E-state index is 13.2. The molecular weight excluding hydrogens is 372 g/mol. The highest BCUT2D eigenvalue weighted by Crippen LogP contribution is 2.39. The molecule has 1 aromatic heterocycles. The second kappa shape index (κ2) is 7.94. The van der Waals surface area contributed by atoms with E-state index >= 15 is 0 Å². The molecule has 0 saturated carbocycles. The van der Waals surface area contributed by atoms with Crippen LogP contribution in [-0.2, 0) is 4.79 Å². The molecule has 4 rings (SSSR count). The van der Waals surface area contributed by atoms with E-state index in [0.717, 1.165) is 16.1 Å². The van der Waals surface area contributed by atoms with Crippen molar-refractivity contribution in [3.8, 4) is 0 Å². The summed E-state index contributed by atoms with van der Waals surface area (Å²) >= 11 is 3.06. The number of hydrogen-bond acceptors (Lipinski definition) is 4. The Morgan fingerprint density at radius 3 is 2.33 bits per heavy atom. The van der Waals surface area contributed by atoms with Gasteiger partial charge in [0.15, 0.2) is 5.17 Å². The molecule has 1 aliphatic heterocycles. The van der Waals surface area contributed by atoms with Crippen molar-refractivity contribution in [2.45, 2.75) is 13.0 Å². The van der Waals surface area contributed by atoms with E-state index in [0.29, 0.717) is 10.1 Å². The lowest BCUT2D eigenvalue weighted by Gasteiger charge is -2.24. The van der Waals surface area contributed by atoms with Crippen LogP contribution < -0.4 is 0 Å². The Morgan fingerprint density at radius 2 is 1.67 bits per heavy atom. The average Bonchev–Trinajstić information content (AvgIpc) is 3.32. The molecule has 1 saturated heterocycles. The molecule has 1 amide bonds. The van der Waals surface area contributed by atoms with Crippen molar-refractivity contribution >= 4 is 45.9 Å². The van der Waals surface area contributed by atoms with Gasteiger partial charge in [0.25, 0.3) is 5.91 Å². The number of carbonyl (C=O) groups excluding carboxylic acids is 1. The molecule has 2 aromatic carbocycles. The number of carbonyl (C=O) groups is 1. The SMILES string of the molecule is C[C@H](c1ccccc1)N1C(=O)/C(=C\c2cccs2)SC1=Nc1ccccc1. The van der Waals surface area contributed by atoms with Gasteiger partial charge in [0.2, 0.25) is 0 Å². The number of rotatable bonds is 4. The van der Waals surface area contributed by atoms with Crippen molar-refractivity contribution in [3.63, 3.8) is 0 Å². The Labute approximate surface area is 167 Å². The summed E-state index contributed by atoms with van der Waals surface area (Å²) in [5, 5.41) is 2.73. The first-order valence-corrected chi connectivity index (χ1v) is 10.4. The molecule has 0 unspecified atom stereocenters. The van der Waals surface area contributed by atoms with Crippen LogP contribution in [-0.4, -0.2) is 16.0 Å². The van der Waals surface area contributed by atoms with Crippen molar-refractivity contribution in [2.75, 3.05) is 0 Å². The summed E-state index contributed by atoms with van der Waals surface area (Å²) in [6, 6.07) is 23.7. The van der Waals surface area contributed by atoms with Gasteiger partial charge < -0.3 is 0 Å². The summed E-state index contributed by atoms with van der Waals surface area (Å²) in [5.41, 5.74) is 1.93. The van der Waals surface area contributed by atoms with Gasteiger partial charge in [-0.15, -0.1) is 11.3 Å². The molecule has 1 aliphatic rings. The molecule has 1 atom stereocenters. The number of hydrogen-bond donors (Lipinski definition) is 0. The van der Waals surface area contributed by atoms with E-state index in [2.05, 4.69) is 0 Å². The van der Waals surface area contributed by atoms with Gasteiger partial charge >= 0.3 is 0 Å². The highest BCUT2D eigenvalue weighted by molar-refractivity contribution is 8.18. The van der Waals surface area contributed by atoms with Crippen LogP contribution in [0, 0.1) is 0 Å². The van der Waals surface area contributed by atoms with Crippen LogP contribution >= 0.6 is 23.1 Å². The van der Waals surface area contributed by atoms with Gasteiger partial charge in [-0.05, 0) is 53.9 Å². The lowest BCUT2D eigenvalue weighted by molar-refractivity contribution is -0.123. The van der Waals surface area contributed by atoms with E-state index in [-0.39, 0.29) is 11.9 Å². The maximum absolute atomic E-state index is 13.2. The van der Waals surface area contributed by atoms with Gasteiger partial charge in [0.05, 0.1) is 16.6 Å². The molecule has 1 fully saturated rings. The molecule has 5 heteroatoms. The zero-order valence-electron chi connectivity index (χ0n) is 14.8. The molecule has 0 bridgehead atoms. The number of para-hydroxylation sites is 1. The van der Waals surface area contributed by atoms with E-state index in [1.165, 1.54) is 11.8 Å². The van der Waals surface area contributed by atoms with Crippen LogP contribution in [0.25, 0.3) is 6.08 Å². The number of amidine groups is 1. The molecule has 3 aromatic rings. The van der Waals surface area contributed by atoms with Gasteiger partial charge in [-0.1, -0.05) is 54.6 Å². The van der Waals surface area contributed by atoms with E-state index in [1.807, 2.05) is 91.2 Å². The lowest BCUT2D eigenvalue weighted by Crippen LogP contribution is -2.32. The Bertz CT molecular complexity index is 980. The number of benzene rings is 2. The third-order valence-corrected chi connectivity index (χ3v) is 6.11. The molecule has 134 valence electrons. The Balaban J connectivity index is 1.74. The van der Waals surface area contributed by atoms with Gasteiger partial charge in [0.1, 0.15) is 0 Å². The van der Waals surface area contributed by atoms with Gasteiger partial charge in [-0.3, -0.25) is 9.69 Å². The first-order valence-electron chi connectivity index (χ1n) is 8.67. The van der Waals surface area contributed by atoms with Gasteiger partial charge in [-0.25, -0.2) is 4.99 Å². The van der Waals surface area contributed by atoms with Crippen molar-refractivity contribution < 1.29 is 4.79 Å². The van der Waals surface area contributed by atoms with Crippen LogP contribution in [0.4, 0.5) is 5.69 Å². The monoisotopic (exact) mass is 390 g/mol. The summed E-state index contributed by atoms with van der Waals surface area (Å²) in [4.78, 5) is 21.5. The second-order valence-corrected chi connectivity index (χ2v) is 8.11. The Hall–Kier alpha value is -2.63. The molecule has 0 radical (unpaired) electrons. The minimum Gasteiger partial charge on any atom is -0.279 e. The number of thioether (sulfide) groups is 1. The zero-order valence-corrected chi connectivity index (χ0v) is 16.4. The normalized spacial score (nSPS) is 18.4. The third kappa shape index (κ3) is 3.89. The number of amides is 1. The topological polar surface area (TPSA) is 32.7 Å². The molecule has 0 aliphatic carbocycles. The summed E-state index contributed by atoms with van der Waals surface area (Å²) in [5.74, 6) is -0.000524. The fourth-order valence-electron chi connectivity index (χ4n) is 2.90. The minimum absolute atomic E-state index is 0.000524. The molecular formula is C22H18N2OS2. The summed E-state index contributed by atoms with van der Waals surface area (Å²) in [6.45, 7) is 2.04. The van der Waals surface area contributed by atoms with E-state index in [1.54, 1.807) is 16.2 Å². The van der Waals surface area contributed by atoms with E-state index < -0.39 is 0 Å². The minimum atomic E-state index is -0.0945. The Kier molecular flexibility index (Phi) is 5.23. The average molecular weight is 391 g/mol. The number of nitrogens with zero attached hydrogens (tertiary/aromatic N) is 2. The van der Waals surface area contributed by atoms with Crippen LogP contribution in [0.5, 0.6) is 0 Å². The van der Waals surface area contributed by atoms with Gasteiger partial charge in [-0.2, -0.15) is 0 Å². The van der Waals surface area contributed by atoms with Crippen LogP contribution in [0.1, 0.15) is 23.4 Å². The predicted molar refractivity (Wildman–Crippen MR) is 115 cm³/mol. The molecule has 3 nitrogen and oxygen atoms in total. The predicted octanol–water partition coefficient (Wildman–Crippen LogP) is 6.11. The summed E-state index contributed by atoms with van der Waals surface area (Å²) in [7, 11) is 0. The highest BCUT2D eigenvalue weighted by atomic mass is 32.2. The fraction of sp³-hybridized carbons (Fsp3) is 0.0909. The lowest BCUT2D eigenvalue weighted by atomic mass is 10.1. The van der Waals surface area contributed by atoms with Crippen LogP contribution in [0.15, 0.2) is 88.1 Å². The summed E-state index contributed by atoms with van der Waals surface area (Å²) < 4.78 is 0. The summed E-state index contributed by atoms with van der Waals surface area (Å²) in [6.07, 6.45) is 1.95. The fourth-order valence-corrected chi connectivity index (χ4v) is 4.69. The van der Waals surface area contributed by atoms with Crippen molar-refractivity contribution in [2.24, 2.45) is 4.99 Å². The van der Waals surface area contributed by atoms with Crippen molar-refractivity contribution in [3.05, 3.63) is 93.5 Å². The van der Waals surface area contributed by atoms with Gasteiger partial charge in [0, 0.05) is 4.88 Å². The zero-order chi connectivity index (χ0) is 18.6. The smallest absolute Gasteiger partial charge is 0.267 e. The number of aliphatic imine (C=N–C) groups is 1. The van der Waals surface area contributed by atoms with Crippen LogP contribution in [0.2, 0.25) is 0 Å². The molecule has 0 spiro atoms. The van der Waals surface area contributed by atoms with E-state index in [9.17, 15) is 4.79 Å². The quantitative estimate of drug-likeness (QED) is 0.503. The largest absolute Gasteiger partial charge is 0.279 e. The molecule has 0 N–H and O–H groups in total. The maximum Gasteiger partial charge on any atom is 0.267 e. The Morgan fingerprint density at radius 1 is 0.963 bits per heavy atom. The van der Waals surface area contributed by atoms with E-state index in [4.69, 9.17) is 4.99 Å². The molecule has 2 heterocycles. The number of thiophene rings is 1. The third-order valence-electron chi connectivity index (χ3n) is 4.30. The molecule has 27 heavy (non-hydrogen) atoms. The first-order chi connectivity index (χ1) is 13.2. The second-order valence-electron chi connectivity index (χ2n) is 6.12. The van der Waals surface area contributed by atoms with Crippen LogP contribution in [0.3, 0.4) is 0 Å². The first kappa shape index (κ1) is 17.8.